The summed E-state index contributed by atoms with van der Waals surface area (Å²) in [5, 5.41) is 28.8. The molecule has 0 unspecified atom stereocenters. The van der Waals surface area contributed by atoms with Gasteiger partial charge in [-0.15, -0.1) is 5.10 Å². The van der Waals surface area contributed by atoms with Gasteiger partial charge in [-0.1, -0.05) is 35.5 Å². The third-order valence-corrected chi connectivity index (χ3v) is 4.82. The van der Waals surface area contributed by atoms with E-state index in [1.807, 2.05) is 30.3 Å². The molecule has 2 aromatic heterocycles. The zero-order valence-electron chi connectivity index (χ0n) is 15.0. The molecule has 4 atom stereocenters. The van der Waals surface area contributed by atoms with Crippen LogP contribution >= 0.6 is 0 Å². The Labute approximate surface area is 158 Å². The van der Waals surface area contributed by atoms with Crippen LogP contribution in [-0.4, -0.2) is 53.6 Å². The fourth-order valence-electron chi connectivity index (χ4n) is 3.38. The first-order valence-electron chi connectivity index (χ1n) is 8.73. The molecule has 0 amide bonds. The highest BCUT2D eigenvalue weighted by Gasteiger charge is 2.46. The van der Waals surface area contributed by atoms with Crippen molar-refractivity contribution < 1.29 is 14.9 Å². The van der Waals surface area contributed by atoms with E-state index in [2.05, 4.69) is 15.3 Å². The molecule has 0 aliphatic carbocycles. The first-order chi connectivity index (χ1) is 13.5. The van der Waals surface area contributed by atoms with E-state index in [0.29, 0.717) is 11.3 Å². The van der Waals surface area contributed by atoms with E-state index < -0.39 is 42.3 Å². The summed E-state index contributed by atoms with van der Waals surface area (Å²) >= 11 is 0. The van der Waals surface area contributed by atoms with Crippen molar-refractivity contribution in [1.82, 2.24) is 24.5 Å². The number of aromatic nitrogens is 5. The number of rotatable bonds is 4. The average Bonchev–Trinajstić information content (AvgIpc) is 3.30. The van der Waals surface area contributed by atoms with Gasteiger partial charge in [0, 0.05) is 17.3 Å². The molecule has 10 nitrogen and oxygen atoms in total. The molecule has 3 N–H and O–H groups in total. The molecule has 1 aromatic carbocycles. The molecule has 1 fully saturated rings. The highest BCUT2D eigenvalue weighted by atomic mass is 16.5. The van der Waals surface area contributed by atoms with E-state index in [4.69, 9.17) is 4.74 Å². The standard InChI is InChI=1S/C18H19N5O5/c1-10-7-22(18(27)19-16(10)26)17-15(25)14(13(9-24)28-17)23-8-12(20-21-23)11-5-3-2-4-6-11/h2-8,13-15,17,24-25H,9H2,1H3,(H,19,26,27)/t13-,14-,15-,17-/m1/s1. The largest absolute Gasteiger partial charge is 0.394 e. The van der Waals surface area contributed by atoms with E-state index in [0.717, 1.165) is 10.1 Å². The van der Waals surface area contributed by atoms with Crippen LogP contribution in [0.15, 0.2) is 52.3 Å². The summed E-state index contributed by atoms with van der Waals surface area (Å²) in [7, 11) is 0. The zero-order valence-corrected chi connectivity index (χ0v) is 15.0. The molecule has 146 valence electrons. The first kappa shape index (κ1) is 18.3. The molecule has 1 saturated heterocycles. The van der Waals surface area contributed by atoms with Gasteiger partial charge in [0.05, 0.1) is 12.8 Å². The maximum Gasteiger partial charge on any atom is 0.330 e. The minimum Gasteiger partial charge on any atom is -0.394 e. The number of ether oxygens (including phenoxy) is 1. The fourth-order valence-corrected chi connectivity index (χ4v) is 3.38. The van der Waals surface area contributed by atoms with Crippen LogP contribution in [0.3, 0.4) is 0 Å². The maximum atomic E-state index is 12.2. The number of H-pyrrole nitrogens is 1. The van der Waals surface area contributed by atoms with Crippen molar-refractivity contribution in [2.75, 3.05) is 6.61 Å². The summed E-state index contributed by atoms with van der Waals surface area (Å²) in [5.41, 5.74) is 0.538. The van der Waals surface area contributed by atoms with E-state index in [1.54, 1.807) is 13.1 Å². The first-order valence-corrected chi connectivity index (χ1v) is 8.73. The van der Waals surface area contributed by atoms with Crippen LogP contribution in [0.4, 0.5) is 0 Å². The van der Waals surface area contributed by atoms with Gasteiger partial charge >= 0.3 is 5.69 Å². The molecule has 0 radical (unpaired) electrons. The van der Waals surface area contributed by atoms with Crippen molar-refractivity contribution >= 4 is 0 Å². The molecular formula is C18H19N5O5. The third-order valence-electron chi connectivity index (χ3n) is 4.82. The van der Waals surface area contributed by atoms with E-state index in [-0.39, 0.29) is 0 Å². The Balaban J connectivity index is 1.69. The Kier molecular flexibility index (Phi) is 4.67. The topological polar surface area (TPSA) is 135 Å². The molecule has 0 bridgehead atoms. The van der Waals surface area contributed by atoms with Crippen molar-refractivity contribution in [2.24, 2.45) is 0 Å². The van der Waals surface area contributed by atoms with Gasteiger partial charge in [-0.2, -0.15) is 0 Å². The number of aliphatic hydroxyl groups is 2. The molecule has 1 aliphatic rings. The van der Waals surface area contributed by atoms with E-state index in [1.165, 1.54) is 10.9 Å². The van der Waals surface area contributed by atoms with Crippen molar-refractivity contribution in [3.05, 3.63) is 69.1 Å². The van der Waals surface area contributed by atoms with Crippen LogP contribution in [0.2, 0.25) is 0 Å². The van der Waals surface area contributed by atoms with Crippen molar-refractivity contribution in [2.45, 2.75) is 31.4 Å². The van der Waals surface area contributed by atoms with Crippen molar-refractivity contribution in [1.29, 1.82) is 0 Å². The average molecular weight is 385 g/mol. The molecule has 10 heteroatoms. The number of aliphatic hydroxyl groups excluding tert-OH is 2. The molecule has 0 saturated carbocycles. The number of nitrogens with zero attached hydrogens (tertiary/aromatic N) is 4. The third kappa shape index (κ3) is 3.07. The summed E-state index contributed by atoms with van der Waals surface area (Å²) in [6.45, 7) is 1.15. The zero-order chi connectivity index (χ0) is 19.8. The summed E-state index contributed by atoms with van der Waals surface area (Å²) in [6.07, 6.45) is -0.134. The SMILES string of the molecule is Cc1cn([C@@H]2O[C@H](CO)[C@@H](n3cc(-c4ccccc4)nn3)[C@H]2O)c(=O)[nH]c1=O. The Morgan fingerprint density at radius 3 is 2.68 bits per heavy atom. The molecule has 3 aromatic rings. The van der Waals surface area contributed by atoms with Crippen LogP contribution in [0.1, 0.15) is 17.8 Å². The summed E-state index contributed by atoms with van der Waals surface area (Å²) in [6, 6.07) is 8.63. The van der Waals surface area contributed by atoms with Crippen LogP contribution in [0.25, 0.3) is 11.3 Å². The minimum absolute atomic E-state index is 0.298. The van der Waals surface area contributed by atoms with E-state index >= 15 is 0 Å². The second kappa shape index (κ2) is 7.15. The summed E-state index contributed by atoms with van der Waals surface area (Å²) in [4.78, 5) is 25.9. The lowest BCUT2D eigenvalue weighted by Gasteiger charge is -2.19. The van der Waals surface area contributed by atoms with Crippen LogP contribution in [0, 0.1) is 6.92 Å². The minimum atomic E-state index is -1.20. The van der Waals surface area contributed by atoms with Gasteiger partial charge in [0.1, 0.15) is 23.9 Å². The lowest BCUT2D eigenvalue weighted by atomic mass is 10.1. The maximum absolute atomic E-state index is 12.2. The number of aryl methyl sites for hydroxylation is 1. The molecular weight excluding hydrogens is 366 g/mol. The molecule has 28 heavy (non-hydrogen) atoms. The number of hydrogen-bond donors (Lipinski definition) is 3. The van der Waals surface area contributed by atoms with Crippen molar-refractivity contribution in [3.8, 4) is 11.3 Å². The number of benzene rings is 1. The molecule has 1 aliphatic heterocycles. The number of hydrogen-bond acceptors (Lipinski definition) is 7. The lowest BCUT2D eigenvalue weighted by molar-refractivity contribution is -0.0536. The Bertz CT molecular complexity index is 1090. The second-order valence-corrected chi connectivity index (χ2v) is 6.66. The van der Waals surface area contributed by atoms with E-state index in [9.17, 15) is 19.8 Å². The number of nitrogens with one attached hydrogen (secondary N) is 1. The fraction of sp³-hybridized carbons (Fsp3) is 0.333. The Morgan fingerprint density at radius 2 is 1.96 bits per heavy atom. The van der Waals surface area contributed by atoms with Crippen LogP contribution < -0.4 is 11.2 Å². The van der Waals surface area contributed by atoms with Gasteiger partial charge in [0.2, 0.25) is 0 Å². The summed E-state index contributed by atoms with van der Waals surface area (Å²) < 4.78 is 8.26. The van der Waals surface area contributed by atoms with Gasteiger partial charge in [0.15, 0.2) is 6.23 Å². The van der Waals surface area contributed by atoms with Gasteiger partial charge in [-0.05, 0) is 6.92 Å². The molecule has 4 rings (SSSR count). The highest BCUT2D eigenvalue weighted by Crippen LogP contribution is 2.36. The van der Waals surface area contributed by atoms with Gasteiger partial charge < -0.3 is 14.9 Å². The molecule has 3 heterocycles. The molecule has 0 spiro atoms. The lowest BCUT2D eigenvalue weighted by Crippen LogP contribution is -2.37. The van der Waals surface area contributed by atoms with Gasteiger partial charge in [0.25, 0.3) is 5.56 Å². The Morgan fingerprint density at radius 1 is 1.21 bits per heavy atom. The smallest absolute Gasteiger partial charge is 0.330 e. The summed E-state index contributed by atoms with van der Waals surface area (Å²) in [5.74, 6) is 0. The second-order valence-electron chi connectivity index (χ2n) is 6.66. The van der Waals surface area contributed by atoms with Crippen LogP contribution in [0.5, 0.6) is 0 Å². The van der Waals surface area contributed by atoms with Crippen LogP contribution in [-0.2, 0) is 4.74 Å². The number of aromatic amines is 1. The predicted octanol–water partition coefficient (Wildman–Crippen LogP) is -0.405. The van der Waals surface area contributed by atoms with Crippen molar-refractivity contribution in [3.63, 3.8) is 0 Å². The normalized spacial score (nSPS) is 24.5. The monoisotopic (exact) mass is 385 g/mol. The van der Waals surface area contributed by atoms with Gasteiger partial charge in [-0.25, -0.2) is 9.48 Å². The Hall–Kier alpha value is -3.08. The quantitative estimate of drug-likeness (QED) is 0.556. The van der Waals surface area contributed by atoms with Gasteiger partial charge in [-0.3, -0.25) is 14.3 Å². The predicted molar refractivity (Wildman–Crippen MR) is 97.6 cm³/mol. The highest BCUT2D eigenvalue weighted by molar-refractivity contribution is 5.57.